The van der Waals surface area contributed by atoms with Crippen molar-refractivity contribution in [3.63, 3.8) is 0 Å². The monoisotopic (exact) mass is 356 g/mol. The van der Waals surface area contributed by atoms with Gasteiger partial charge in [0.25, 0.3) is 0 Å². The van der Waals surface area contributed by atoms with Crippen LogP contribution >= 0.6 is 34.5 Å². The predicted octanol–water partition coefficient (Wildman–Crippen LogP) is 4.19. The zero-order valence-electron chi connectivity index (χ0n) is 12.5. The third-order valence-electron chi connectivity index (χ3n) is 3.51. The van der Waals surface area contributed by atoms with Crippen LogP contribution in [0.25, 0.3) is 0 Å². The number of halogens is 2. The second kappa shape index (κ2) is 7.97. The number of hydrogen-bond donors (Lipinski definition) is 1. The van der Waals surface area contributed by atoms with Gasteiger partial charge >= 0.3 is 0 Å². The summed E-state index contributed by atoms with van der Waals surface area (Å²) in [6.45, 7) is 3.00. The van der Waals surface area contributed by atoms with E-state index in [4.69, 9.17) is 23.2 Å². The lowest BCUT2D eigenvalue weighted by Crippen LogP contribution is -2.42. The number of hydrogen-bond acceptors (Lipinski definition) is 3. The number of likely N-dealkylation sites (N-methyl/N-ethyl adjacent to an activating group) is 1. The summed E-state index contributed by atoms with van der Waals surface area (Å²) in [7, 11) is 1.90. The molecular weight excluding hydrogens is 339 g/mol. The Hall–Kier alpha value is -1.07. The molecule has 6 heteroatoms. The number of benzene rings is 1. The molecule has 1 aromatic heterocycles. The molecule has 0 fully saturated rings. The second-order valence-corrected chi connectivity index (χ2v) is 6.92. The first-order chi connectivity index (χ1) is 10.5. The Balaban J connectivity index is 1.92. The Bertz CT molecular complexity index is 631. The zero-order chi connectivity index (χ0) is 16.1. The fourth-order valence-electron chi connectivity index (χ4n) is 2.01. The molecule has 0 saturated carbocycles. The van der Waals surface area contributed by atoms with E-state index in [9.17, 15) is 4.79 Å². The maximum Gasteiger partial charge on any atom is 0.237 e. The normalized spacial score (nSPS) is 12.4. The average Bonchev–Trinajstić information content (AvgIpc) is 3.02. The molecule has 1 unspecified atom stereocenters. The highest BCUT2D eigenvalue weighted by Crippen LogP contribution is 2.26. The quantitative estimate of drug-likeness (QED) is 0.841. The maximum absolute atomic E-state index is 12.2. The number of carbonyl (C=O) groups excluding carboxylic acids is 1. The lowest BCUT2D eigenvalue weighted by molar-refractivity contribution is -0.125. The lowest BCUT2D eigenvalue weighted by Gasteiger charge is -2.24. The topological polar surface area (TPSA) is 32.3 Å². The molecule has 0 bridgehead atoms. The highest BCUT2D eigenvalue weighted by Gasteiger charge is 2.19. The summed E-state index contributed by atoms with van der Waals surface area (Å²) in [5.41, 5.74) is 0.912. The lowest BCUT2D eigenvalue weighted by atomic mass is 10.2. The second-order valence-electron chi connectivity index (χ2n) is 5.10. The van der Waals surface area contributed by atoms with E-state index in [1.54, 1.807) is 17.4 Å². The third kappa shape index (κ3) is 4.46. The van der Waals surface area contributed by atoms with Gasteiger partial charge in [0.2, 0.25) is 5.91 Å². The minimum absolute atomic E-state index is 0.00551. The van der Waals surface area contributed by atoms with Crippen molar-refractivity contribution in [2.24, 2.45) is 0 Å². The number of carbonyl (C=O) groups is 1. The van der Waals surface area contributed by atoms with Gasteiger partial charge in [0.05, 0.1) is 22.6 Å². The predicted molar refractivity (Wildman–Crippen MR) is 93.6 cm³/mol. The van der Waals surface area contributed by atoms with Gasteiger partial charge in [-0.1, -0.05) is 41.4 Å². The molecule has 118 valence electrons. The molecule has 0 spiro atoms. The average molecular weight is 357 g/mol. The van der Waals surface area contributed by atoms with Crippen molar-refractivity contribution in [1.82, 2.24) is 10.2 Å². The van der Waals surface area contributed by atoms with Crippen LogP contribution < -0.4 is 5.32 Å². The Kier molecular flexibility index (Phi) is 6.26. The summed E-state index contributed by atoms with van der Waals surface area (Å²) in [6.07, 6.45) is 0. The van der Waals surface area contributed by atoms with E-state index < -0.39 is 0 Å². The van der Waals surface area contributed by atoms with Crippen LogP contribution in [-0.2, 0) is 17.9 Å². The summed E-state index contributed by atoms with van der Waals surface area (Å²) in [6, 6.07) is 9.26. The molecule has 0 aliphatic heterocycles. The van der Waals surface area contributed by atoms with Crippen LogP contribution in [0.15, 0.2) is 35.7 Å². The smallest absolute Gasteiger partial charge is 0.237 e. The Labute approximate surface area is 144 Å². The zero-order valence-corrected chi connectivity index (χ0v) is 14.8. The fourth-order valence-corrected chi connectivity index (χ4v) is 3.04. The van der Waals surface area contributed by atoms with Crippen LogP contribution in [0.1, 0.15) is 17.4 Å². The largest absolute Gasteiger partial charge is 0.350 e. The van der Waals surface area contributed by atoms with E-state index >= 15 is 0 Å². The summed E-state index contributed by atoms with van der Waals surface area (Å²) in [5.74, 6) is -0.00551. The highest BCUT2D eigenvalue weighted by molar-refractivity contribution is 7.09. The Morgan fingerprint density at radius 1 is 1.32 bits per heavy atom. The molecule has 1 heterocycles. The van der Waals surface area contributed by atoms with Gasteiger partial charge in [-0.2, -0.15) is 0 Å². The number of thiophene rings is 1. The summed E-state index contributed by atoms with van der Waals surface area (Å²) < 4.78 is 0. The van der Waals surface area contributed by atoms with Crippen molar-refractivity contribution in [1.29, 1.82) is 0 Å². The first-order valence-electron chi connectivity index (χ1n) is 6.92. The minimum atomic E-state index is -0.255. The minimum Gasteiger partial charge on any atom is -0.350 e. The van der Waals surface area contributed by atoms with Crippen molar-refractivity contribution in [2.45, 2.75) is 26.1 Å². The summed E-state index contributed by atoms with van der Waals surface area (Å²) >= 11 is 13.8. The number of amides is 1. The van der Waals surface area contributed by atoms with Gasteiger partial charge in [-0.05, 0) is 37.0 Å². The van der Waals surface area contributed by atoms with E-state index in [-0.39, 0.29) is 11.9 Å². The number of nitrogens with zero attached hydrogens (tertiary/aromatic N) is 1. The molecule has 2 rings (SSSR count). The van der Waals surface area contributed by atoms with Gasteiger partial charge in [0, 0.05) is 11.4 Å². The standard InChI is InChI=1S/C16H18Cl2N2OS/c1-11(16(21)19-9-13-6-4-8-22-13)20(2)10-12-5-3-7-14(17)15(12)18/h3-8,11H,9-10H2,1-2H3,(H,19,21). The third-order valence-corrected chi connectivity index (χ3v) is 5.24. The first kappa shape index (κ1) is 17.3. The fraction of sp³-hybridized carbons (Fsp3) is 0.312. The molecule has 22 heavy (non-hydrogen) atoms. The van der Waals surface area contributed by atoms with Crippen molar-refractivity contribution in [3.05, 3.63) is 56.2 Å². The SMILES string of the molecule is CC(C(=O)NCc1cccs1)N(C)Cc1cccc(Cl)c1Cl. The van der Waals surface area contributed by atoms with Gasteiger partial charge < -0.3 is 5.32 Å². The van der Waals surface area contributed by atoms with Gasteiger partial charge in [0.15, 0.2) is 0 Å². The highest BCUT2D eigenvalue weighted by atomic mass is 35.5. The van der Waals surface area contributed by atoms with Crippen LogP contribution in [0.3, 0.4) is 0 Å². The van der Waals surface area contributed by atoms with E-state index in [0.29, 0.717) is 23.1 Å². The van der Waals surface area contributed by atoms with Gasteiger partial charge in [-0.25, -0.2) is 0 Å². The van der Waals surface area contributed by atoms with Gasteiger partial charge in [0.1, 0.15) is 0 Å². The molecule has 0 saturated heterocycles. The molecular formula is C16H18Cl2N2OS. The van der Waals surface area contributed by atoms with E-state index in [1.165, 1.54) is 0 Å². The molecule has 1 aromatic carbocycles. The van der Waals surface area contributed by atoms with E-state index in [1.807, 2.05) is 48.5 Å². The number of nitrogens with one attached hydrogen (secondary N) is 1. The van der Waals surface area contributed by atoms with Crippen LogP contribution in [0.4, 0.5) is 0 Å². The van der Waals surface area contributed by atoms with Crippen LogP contribution in [0, 0.1) is 0 Å². The molecule has 2 aromatic rings. The molecule has 0 radical (unpaired) electrons. The van der Waals surface area contributed by atoms with Crippen LogP contribution in [-0.4, -0.2) is 23.9 Å². The molecule has 1 amide bonds. The molecule has 3 nitrogen and oxygen atoms in total. The van der Waals surface area contributed by atoms with Gasteiger partial charge in [-0.15, -0.1) is 11.3 Å². The van der Waals surface area contributed by atoms with Crippen molar-refractivity contribution < 1.29 is 4.79 Å². The molecule has 1 atom stereocenters. The summed E-state index contributed by atoms with van der Waals surface area (Å²) in [4.78, 5) is 15.3. The van der Waals surface area contributed by atoms with Crippen LogP contribution in [0.5, 0.6) is 0 Å². The Morgan fingerprint density at radius 3 is 2.77 bits per heavy atom. The molecule has 1 N–H and O–H groups in total. The summed E-state index contributed by atoms with van der Waals surface area (Å²) in [5, 5.41) is 6.02. The Morgan fingerprint density at radius 2 is 2.09 bits per heavy atom. The van der Waals surface area contributed by atoms with Crippen molar-refractivity contribution >= 4 is 40.4 Å². The maximum atomic E-state index is 12.2. The van der Waals surface area contributed by atoms with E-state index in [0.717, 1.165) is 10.4 Å². The first-order valence-corrected chi connectivity index (χ1v) is 8.56. The van der Waals surface area contributed by atoms with Crippen LogP contribution in [0.2, 0.25) is 10.0 Å². The van der Waals surface area contributed by atoms with Crippen molar-refractivity contribution in [2.75, 3.05) is 7.05 Å². The van der Waals surface area contributed by atoms with Gasteiger partial charge in [-0.3, -0.25) is 9.69 Å². The van der Waals surface area contributed by atoms with E-state index in [2.05, 4.69) is 5.32 Å². The molecule has 0 aliphatic carbocycles. The van der Waals surface area contributed by atoms with Crippen molar-refractivity contribution in [3.8, 4) is 0 Å². The number of rotatable bonds is 6. The molecule has 0 aliphatic rings.